The molecule has 0 saturated carbocycles. The molecule has 2 unspecified atom stereocenters. The third kappa shape index (κ3) is 1.28. The fraction of sp³-hybridized carbons (Fsp3) is 0.556. The van der Waals surface area contributed by atoms with Crippen molar-refractivity contribution < 1.29 is 21.4 Å². The summed E-state index contributed by atoms with van der Waals surface area (Å²) in [4.78, 5) is 1.68. The molecule has 0 radical (unpaired) electrons. The largest absolute Gasteiger partial charge is 0.493 e. The summed E-state index contributed by atoms with van der Waals surface area (Å²) in [6.07, 6.45) is -3.04. The molecule has 4 nitrogen and oxygen atoms in total. The van der Waals surface area contributed by atoms with Crippen molar-refractivity contribution in [1.29, 1.82) is 1.43 Å². The molecular weight excluding hydrogens is 278 g/mol. The lowest BCUT2D eigenvalue weighted by molar-refractivity contribution is -0.0453. The molecule has 1 fully saturated rings. The average molecular weight is 305 g/mol. The zero-order valence-electron chi connectivity index (χ0n) is 18.5. The van der Waals surface area contributed by atoms with E-state index in [-0.39, 0.29) is 11.3 Å². The van der Waals surface area contributed by atoms with Gasteiger partial charge in [0.1, 0.15) is 12.2 Å². The standard InChI is InChI=1S/C18H21NO3/c1-19-8-7-18-11-4-5-13(20)17(18)22-16-14(21-2)6-3-10(15(16)18)9-12(11)19/h3-6,11-13,17,20H,7-9H2,1-2H3/t11-,12+,13?,17?,18-/m0/s1/i9D2,12D,13D,17D,20D. The van der Waals surface area contributed by atoms with Gasteiger partial charge in [-0.25, -0.2) is 0 Å². The van der Waals surface area contributed by atoms with Gasteiger partial charge in [0.25, 0.3) is 0 Å². The summed E-state index contributed by atoms with van der Waals surface area (Å²) in [7, 11) is 3.18. The second-order valence-corrected chi connectivity index (χ2v) is 6.30. The van der Waals surface area contributed by atoms with Gasteiger partial charge in [-0.15, -0.1) is 0 Å². The van der Waals surface area contributed by atoms with Crippen LogP contribution in [0, 0.1) is 5.92 Å². The number of benzene rings is 1. The number of likely N-dealkylation sites (tertiary alicyclic amines) is 1. The third-order valence-corrected chi connectivity index (χ3v) is 5.40. The first-order chi connectivity index (χ1) is 13.0. The molecular formula is C18H21NO3. The van der Waals surface area contributed by atoms with Gasteiger partial charge in [0, 0.05) is 27.0 Å². The van der Waals surface area contributed by atoms with E-state index in [0.717, 1.165) is 0 Å². The minimum Gasteiger partial charge on any atom is -0.493 e. The summed E-state index contributed by atoms with van der Waals surface area (Å²) in [5, 5.41) is 4.72. The lowest BCUT2D eigenvalue weighted by Crippen LogP contribution is -2.64. The maximum absolute atomic E-state index is 9.28. The van der Waals surface area contributed by atoms with E-state index in [1.165, 1.54) is 13.2 Å². The smallest absolute Gasteiger partial charge is 0.211 e. The van der Waals surface area contributed by atoms with Crippen molar-refractivity contribution in [1.82, 2.24) is 4.90 Å². The highest BCUT2D eigenvalue weighted by atomic mass is 16.5. The van der Waals surface area contributed by atoms with Crippen molar-refractivity contribution in [3.05, 3.63) is 35.4 Å². The fourth-order valence-corrected chi connectivity index (χ4v) is 4.40. The molecule has 1 aromatic rings. The van der Waals surface area contributed by atoms with Crippen LogP contribution in [0.3, 0.4) is 0 Å². The highest BCUT2D eigenvalue weighted by molar-refractivity contribution is 5.62. The van der Waals surface area contributed by atoms with Gasteiger partial charge in [-0.3, -0.25) is 0 Å². The van der Waals surface area contributed by atoms with E-state index in [2.05, 4.69) is 0 Å². The monoisotopic (exact) mass is 305 g/mol. The molecule has 1 spiro atoms. The molecule has 1 saturated heterocycles. The second kappa shape index (κ2) is 4.06. The first kappa shape index (κ1) is 8.37. The van der Waals surface area contributed by atoms with Gasteiger partial charge in [-0.05, 0) is 38.0 Å². The maximum Gasteiger partial charge on any atom is 0.211 e. The number of aliphatic hydroxyl groups is 1. The van der Waals surface area contributed by atoms with Crippen LogP contribution in [0.1, 0.15) is 24.4 Å². The number of likely N-dealkylation sites (N-methyl/N-ethyl adjacent to an activating group) is 1. The van der Waals surface area contributed by atoms with Gasteiger partial charge in [0.15, 0.2) is 11.5 Å². The van der Waals surface area contributed by atoms with Crippen LogP contribution in [0.2, 0.25) is 0 Å². The van der Waals surface area contributed by atoms with Crippen molar-refractivity contribution in [3.63, 3.8) is 0 Å². The second-order valence-electron chi connectivity index (χ2n) is 6.30. The average Bonchev–Trinajstić information content (AvgIpc) is 2.94. The normalized spacial score (nSPS) is 57.3. The van der Waals surface area contributed by atoms with E-state index in [1.807, 2.05) is 0 Å². The number of rotatable bonds is 2. The Kier molecular flexibility index (Phi) is 1.54. The van der Waals surface area contributed by atoms with Crippen molar-refractivity contribution in [2.75, 3.05) is 20.7 Å². The molecule has 5 rings (SSSR count). The topological polar surface area (TPSA) is 41.9 Å². The molecule has 2 aliphatic carbocycles. The first-order valence-corrected chi connectivity index (χ1v) is 7.51. The summed E-state index contributed by atoms with van der Waals surface area (Å²) in [6, 6.07) is 1.46. The molecule has 4 aliphatic rings. The van der Waals surface area contributed by atoms with Crippen LogP contribution in [0.4, 0.5) is 0 Å². The summed E-state index contributed by atoms with van der Waals surface area (Å²) >= 11 is 0. The number of methoxy groups -OCH3 is 1. The number of ether oxygens (including phenoxy) is 2. The van der Waals surface area contributed by atoms with E-state index in [0.29, 0.717) is 24.3 Å². The molecule has 116 valence electrons. The molecule has 0 amide bonds. The minimum atomic E-state index is -2.13. The Balaban J connectivity index is 1.97. The SMILES string of the molecule is [2H]OC1([2H])C=C[C@@H]2[C@@]34CCN(C)[C@]2([2H])C([2H])([2H])c2ccc(OC)c(c23)OC14[2H]. The summed E-state index contributed by atoms with van der Waals surface area (Å²) < 4.78 is 64.1. The Morgan fingerprint density at radius 1 is 1.55 bits per heavy atom. The molecule has 1 aromatic carbocycles. The van der Waals surface area contributed by atoms with Gasteiger partial charge in [0.2, 0.25) is 1.43 Å². The Hall–Kier alpha value is -1.52. The lowest BCUT2D eigenvalue weighted by atomic mass is 9.53. The number of nitrogens with zero attached hydrogens (tertiary/aromatic N) is 1. The lowest BCUT2D eigenvalue weighted by Gasteiger charge is -2.56. The van der Waals surface area contributed by atoms with Gasteiger partial charge in [0.05, 0.1) is 9.85 Å². The Bertz CT molecular complexity index is 927. The molecule has 0 aromatic heterocycles. The van der Waals surface area contributed by atoms with Crippen LogP contribution in [-0.2, 0) is 11.8 Å². The number of hydrogen-bond donors (Lipinski definition) is 1. The van der Waals surface area contributed by atoms with Crippen LogP contribution >= 0.6 is 0 Å². The van der Waals surface area contributed by atoms with E-state index in [1.54, 1.807) is 30.2 Å². The zero-order chi connectivity index (χ0) is 20.3. The summed E-state index contributed by atoms with van der Waals surface area (Å²) in [5.74, 6) is -0.207. The molecule has 2 heterocycles. The first-order valence-electron chi connectivity index (χ1n) is 10.4. The highest BCUT2D eigenvalue weighted by Crippen LogP contribution is 2.62. The number of hydrogen-bond acceptors (Lipinski definition) is 4. The Morgan fingerprint density at radius 2 is 2.45 bits per heavy atom. The minimum absolute atomic E-state index is 0.216. The zero-order valence-corrected chi connectivity index (χ0v) is 12.5. The molecule has 22 heavy (non-hydrogen) atoms. The van der Waals surface area contributed by atoms with Crippen LogP contribution in [0.25, 0.3) is 0 Å². The molecule has 2 bridgehead atoms. The third-order valence-electron chi connectivity index (χ3n) is 5.40. The van der Waals surface area contributed by atoms with E-state index in [4.69, 9.17) is 20.1 Å². The molecule has 4 heteroatoms. The van der Waals surface area contributed by atoms with Gasteiger partial charge < -0.3 is 19.5 Å². The van der Waals surface area contributed by atoms with Crippen molar-refractivity contribution in [2.45, 2.75) is 36.4 Å². The van der Waals surface area contributed by atoms with E-state index >= 15 is 0 Å². The highest BCUT2D eigenvalue weighted by Gasteiger charge is 2.64. The molecule has 5 atom stereocenters. The summed E-state index contributed by atoms with van der Waals surface area (Å²) in [5.41, 5.74) is -0.451. The Morgan fingerprint density at radius 3 is 3.27 bits per heavy atom. The quantitative estimate of drug-likeness (QED) is 0.841. The number of piperidine rings is 1. The fourth-order valence-electron chi connectivity index (χ4n) is 4.40. The Labute approximate surface area is 138 Å². The van der Waals surface area contributed by atoms with Gasteiger partial charge >= 0.3 is 0 Å². The van der Waals surface area contributed by atoms with Crippen LogP contribution < -0.4 is 9.47 Å². The van der Waals surface area contributed by atoms with Crippen LogP contribution in [0.5, 0.6) is 11.5 Å². The predicted molar refractivity (Wildman–Crippen MR) is 82.5 cm³/mol. The van der Waals surface area contributed by atoms with E-state index < -0.39 is 35.9 Å². The van der Waals surface area contributed by atoms with Crippen molar-refractivity contribution in [2.24, 2.45) is 5.92 Å². The van der Waals surface area contributed by atoms with E-state index in [9.17, 15) is 2.74 Å². The van der Waals surface area contributed by atoms with Gasteiger partial charge in [-0.2, -0.15) is 0 Å². The predicted octanol–water partition coefficient (Wildman–Crippen LogP) is 1.50. The summed E-state index contributed by atoms with van der Waals surface area (Å²) in [6.45, 7) is 0.349. The molecule has 2 aliphatic heterocycles. The van der Waals surface area contributed by atoms with Crippen LogP contribution in [-0.4, -0.2) is 50.3 Å². The van der Waals surface area contributed by atoms with Crippen molar-refractivity contribution >= 4 is 0 Å². The molecule has 1 N–H and O–H groups in total. The van der Waals surface area contributed by atoms with Crippen molar-refractivity contribution in [3.8, 4) is 11.5 Å². The maximum atomic E-state index is 9.28. The van der Waals surface area contributed by atoms with Crippen LogP contribution in [0.15, 0.2) is 24.3 Å². The van der Waals surface area contributed by atoms with Gasteiger partial charge in [-0.1, -0.05) is 18.2 Å².